The van der Waals surface area contributed by atoms with E-state index in [-0.39, 0.29) is 12.0 Å². The highest BCUT2D eigenvalue weighted by Gasteiger charge is 2.15. The second-order valence-corrected chi connectivity index (χ2v) is 5.35. The highest BCUT2D eigenvalue weighted by atomic mass is 19.1. The number of hydrogen-bond donors (Lipinski definition) is 2. The van der Waals surface area contributed by atoms with E-state index in [4.69, 9.17) is 15.6 Å². The number of piperidine rings is 1. The molecule has 1 aromatic rings. The lowest BCUT2D eigenvalue weighted by molar-refractivity contribution is -0.136. The highest BCUT2D eigenvalue weighted by molar-refractivity contribution is 5.70. The van der Waals surface area contributed by atoms with Crippen LogP contribution in [-0.2, 0) is 11.2 Å². The van der Waals surface area contributed by atoms with Crippen LogP contribution in [0.2, 0.25) is 0 Å². The number of benzene rings is 1. The van der Waals surface area contributed by atoms with Crippen LogP contribution < -0.4 is 10.5 Å². The van der Waals surface area contributed by atoms with Gasteiger partial charge in [-0.2, -0.15) is 0 Å². The Labute approximate surface area is 123 Å². The van der Waals surface area contributed by atoms with E-state index in [9.17, 15) is 9.18 Å². The first-order valence-corrected chi connectivity index (χ1v) is 7.15. The normalized spacial score (nSPS) is 16.9. The summed E-state index contributed by atoms with van der Waals surface area (Å²) in [6.07, 6.45) is 1.68. The maximum atomic E-state index is 13.7. The number of nitrogens with zero attached hydrogens (tertiary/aromatic N) is 1. The molecule has 0 unspecified atom stereocenters. The largest absolute Gasteiger partial charge is 0.492 e. The van der Waals surface area contributed by atoms with Crippen LogP contribution in [0.1, 0.15) is 18.4 Å². The summed E-state index contributed by atoms with van der Waals surface area (Å²) in [7, 11) is 0. The summed E-state index contributed by atoms with van der Waals surface area (Å²) < 4.78 is 19.2. The number of likely N-dealkylation sites (tertiary alicyclic amines) is 1. The van der Waals surface area contributed by atoms with Crippen molar-refractivity contribution >= 4 is 5.97 Å². The van der Waals surface area contributed by atoms with Crippen molar-refractivity contribution in [1.29, 1.82) is 0 Å². The topological polar surface area (TPSA) is 75.8 Å². The van der Waals surface area contributed by atoms with Gasteiger partial charge in [0.05, 0.1) is 6.42 Å². The van der Waals surface area contributed by atoms with E-state index < -0.39 is 11.8 Å². The smallest absolute Gasteiger partial charge is 0.307 e. The molecule has 0 radical (unpaired) electrons. The molecular formula is C15H21FN2O3. The van der Waals surface area contributed by atoms with Gasteiger partial charge in [-0.3, -0.25) is 9.69 Å². The molecule has 5 nitrogen and oxygen atoms in total. The Hall–Kier alpha value is -1.66. The number of halogens is 1. The summed E-state index contributed by atoms with van der Waals surface area (Å²) in [6.45, 7) is 3.20. The molecule has 1 saturated heterocycles. The second-order valence-electron chi connectivity index (χ2n) is 5.35. The summed E-state index contributed by atoms with van der Waals surface area (Å²) in [6, 6.07) is 4.61. The van der Waals surface area contributed by atoms with Gasteiger partial charge in [-0.1, -0.05) is 6.07 Å². The Morgan fingerprint density at radius 2 is 2.14 bits per heavy atom. The molecule has 0 spiro atoms. The molecule has 1 aliphatic rings. The molecule has 0 bridgehead atoms. The van der Waals surface area contributed by atoms with Gasteiger partial charge in [-0.15, -0.1) is 0 Å². The van der Waals surface area contributed by atoms with Gasteiger partial charge in [-0.25, -0.2) is 4.39 Å². The van der Waals surface area contributed by atoms with Crippen LogP contribution in [0, 0.1) is 5.82 Å². The van der Waals surface area contributed by atoms with Gasteiger partial charge in [0.25, 0.3) is 0 Å². The number of hydrogen-bond acceptors (Lipinski definition) is 4. The Bertz CT molecular complexity index is 488. The van der Waals surface area contributed by atoms with Crippen molar-refractivity contribution < 1.29 is 19.0 Å². The molecule has 0 atom stereocenters. The van der Waals surface area contributed by atoms with Crippen LogP contribution in [0.3, 0.4) is 0 Å². The second kappa shape index (κ2) is 7.38. The van der Waals surface area contributed by atoms with Crippen molar-refractivity contribution in [3.05, 3.63) is 29.6 Å². The Kier molecular flexibility index (Phi) is 5.52. The summed E-state index contributed by atoms with van der Waals surface area (Å²) >= 11 is 0. The van der Waals surface area contributed by atoms with Gasteiger partial charge in [-0.05, 0) is 37.6 Å². The minimum absolute atomic E-state index is 0.167. The number of nitrogens with two attached hydrogens (primary N) is 1. The van der Waals surface area contributed by atoms with Crippen LogP contribution in [0.5, 0.6) is 5.75 Å². The number of rotatable bonds is 6. The third kappa shape index (κ3) is 4.99. The molecule has 116 valence electrons. The molecule has 0 aromatic heterocycles. The van der Waals surface area contributed by atoms with Crippen LogP contribution in [0.15, 0.2) is 18.2 Å². The van der Waals surface area contributed by atoms with E-state index in [0.29, 0.717) is 18.4 Å². The van der Waals surface area contributed by atoms with Gasteiger partial charge in [0.1, 0.15) is 18.2 Å². The van der Waals surface area contributed by atoms with Gasteiger partial charge in [0.15, 0.2) is 0 Å². The third-order valence-corrected chi connectivity index (χ3v) is 3.67. The fourth-order valence-corrected chi connectivity index (χ4v) is 2.39. The molecular weight excluding hydrogens is 275 g/mol. The van der Waals surface area contributed by atoms with E-state index in [1.165, 1.54) is 12.1 Å². The minimum atomic E-state index is -1.05. The number of aliphatic carboxylic acids is 1. The first-order chi connectivity index (χ1) is 10.0. The molecule has 1 heterocycles. The van der Waals surface area contributed by atoms with Crippen molar-refractivity contribution in [1.82, 2.24) is 4.90 Å². The van der Waals surface area contributed by atoms with Crippen molar-refractivity contribution in [2.45, 2.75) is 25.3 Å². The lowest BCUT2D eigenvalue weighted by Crippen LogP contribution is -2.41. The monoisotopic (exact) mass is 296 g/mol. The standard InChI is InChI=1S/C15H21FN2O3/c16-14-10-13(2-1-11(14)9-15(19)20)21-8-7-18-5-3-12(17)4-6-18/h1-2,10,12H,3-9,17H2,(H,19,20). The molecule has 1 aromatic carbocycles. The molecule has 0 aliphatic carbocycles. The van der Waals surface area contributed by atoms with Crippen LogP contribution in [0.4, 0.5) is 4.39 Å². The molecule has 21 heavy (non-hydrogen) atoms. The first-order valence-electron chi connectivity index (χ1n) is 7.15. The zero-order valence-electron chi connectivity index (χ0n) is 11.9. The number of carboxylic acid groups (broad SMARTS) is 1. The molecule has 0 saturated carbocycles. The van der Waals surface area contributed by atoms with E-state index in [1.807, 2.05) is 0 Å². The fourth-order valence-electron chi connectivity index (χ4n) is 2.39. The van der Waals surface area contributed by atoms with Crippen molar-refractivity contribution in [3.63, 3.8) is 0 Å². The van der Waals surface area contributed by atoms with E-state index in [2.05, 4.69) is 4.90 Å². The van der Waals surface area contributed by atoms with Gasteiger partial charge in [0.2, 0.25) is 0 Å². The molecule has 3 N–H and O–H groups in total. The summed E-state index contributed by atoms with van der Waals surface area (Å²) in [5.74, 6) is -1.17. The molecule has 1 fully saturated rings. The van der Waals surface area contributed by atoms with Gasteiger partial charge < -0.3 is 15.6 Å². The SMILES string of the molecule is NC1CCN(CCOc2ccc(CC(=O)O)c(F)c2)CC1. The summed E-state index contributed by atoms with van der Waals surface area (Å²) in [5, 5.41) is 8.65. The van der Waals surface area contributed by atoms with Crippen LogP contribution >= 0.6 is 0 Å². The van der Waals surface area contributed by atoms with Crippen LogP contribution in [0.25, 0.3) is 0 Å². The van der Waals surface area contributed by atoms with Crippen molar-refractivity contribution in [2.75, 3.05) is 26.2 Å². The summed E-state index contributed by atoms with van der Waals surface area (Å²) in [5.41, 5.74) is 6.01. The van der Waals surface area contributed by atoms with E-state index in [0.717, 1.165) is 32.5 Å². The van der Waals surface area contributed by atoms with Crippen molar-refractivity contribution in [2.24, 2.45) is 5.73 Å². The van der Waals surface area contributed by atoms with Crippen LogP contribution in [-0.4, -0.2) is 48.3 Å². The zero-order chi connectivity index (χ0) is 15.2. The Morgan fingerprint density at radius 3 is 2.76 bits per heavy atom. The predicted molar refractivity (Wildman–Crippen MR) is 76.9 cm³/mol. The first kappa shape index (κ1) is 15.7. The number of carboxylic acids is 1. The molecule has 6 heteroatoms. The lowest BCUT2D eigenvalue weighted by Gasteiger charge is -2.29. The molecule has 1 aliphatic heterocycles. The van der Waals surface area contributed by atoms with E-state index in [1.54, 1.807) is 6.07 Å². The quantitative estimate of drug-likeness (QED) is 0.826. The van der Waals surface area contributed by atoms with E-state index >= 15 is 0 Å². The number of ether oxygens (including phenoxy) is 1. The highest BCUT2D eigenvalue weighted by Crippen LogP contribution is 2.17. The number of carbonyl (C=O) groups is 1. The predicted octanol–water partition coefficient (Wildman–Crippen LogP) is 1.25. The van der Waals surface area contributed by atoms with Crippen molar-refractivity contribution in [3.8, 4) is 5.75 Å². The lowest BCUT2D eigenvalue weighted by atomic mass is 10.1. The average molecular weight is 296 g/mol. The molecule has 0 amide bonds. The Morgan fingerprint density at radius 1 is 1.43 bits per heavy atom. The molecule has 2 rings (SSSR count). The third-order valence-electron chi connectivity index (χ3n) is 3.67. The van der Waals surface area contributed by atoms with Gasteiger partial charge >= 0.3 is 5.97 Å². The maximum absolute atomic E-state index is 13.7. The maximum Gasteiger partial charge on any atom is 0.307 e. The minimum Gasteiger partial charge on any atom is -0.492 e. The fraction of sp³-hybridized carbons (Fsp3) is 0.533. The van der Waals surface area contributed by atoms with Gasteiger partial charge in [0, 0.05) is 18.7 Å². The average Bonchev–Trinajstić information content (AvgIpc) is 2.43. The zero-order valence-corrected chi connectivity index (χ0v) is 11.9. The Balaban J connectivity index is 1.78. The summed E-state index contributed by atoms with van der Waals surface area (Å²) in [4.78, 5) is 12.8.